The van der Waals surface area contributed by atoms with Gasteiger partial charge in [-0.3, -0.25) is 0 Å². The molecule has 1 saturated heterocycles. The van der Waals surface area contributed by atoms with E-state index >= 15 is 0 Å². The Morgan fingerprint density at radius 1 is 1.28 bits per heavy atom. The molecule has 1 aliphatic heterocycles. The SMILES string of the molecule is CC(C)OC(=O)N1CCC(NCc2ccccc2-n2cccn2)CC1. The number of hydrogen-bond donors (Lipinski definition) is 1. The van der Waals surface area contributed by atoms with E-state index < -0.39 is 0 Å². The minimum atomic E-state index is -0.197. The Balaban J connectivity index is 1.52. The van der Waals surface area contributed by atoms with Crippen LogP contribution >= 0.6 is 0 Å². The van der Waals surface area contributed by atoms with Gasteiger partial charge < -0.3 is 15.0 Å². The second-order valence-corrected chi connectivity index (χ2v) is 6.65. The number of carbonyl (C=O) groups is 1. The second kappa shape index (κ2) is 8.16. The molecule has 134 valence electrons. The van der Waals surface area contributed by atoms with Crippen molar-refractivity contribution in [2.75, 3.05) is 13.1 Å². The molecule has 0 bridgehead atoms. The van der Waals surface area contributed by atoms with E-state index in [0.29, 0.717) is 6.04 Å². The number of nitrogens with one attached hydrogen (secondary N) is 1. The molecule has 0 radical (unpaired) electrons. The molecule has 2 heterocycles. The Morgan fingerprint density at radius 3 is 2.72 bits per heavy atom. The van der Waals surface area contributed by atoms with Gasteiger partial charge in [0.1, 0.15) is 0 Å². The molecule has 0 saturated carbocycles. The number of hydrogen-bond acceptors (Lipinski definition) is 4. The first kappa shape index (κ1) is 17.5. The van der Waals surface area contributed by atoms with Gasteiger partial charge in [0.05, 0.1) is 11.8 Å². The van der Waals surface area contributed by atoms with Gasteiger partial charge in [-0.25, -0.2) is 9.48 Å². The molecule has 1 amide bonds. The Kier molecular flexibility index (Phi) is 5.71. The Bertz CT molecular complexity index is 676. The number of amides is 1. The Labute approximate surface area is 148 Å². The number of piperidine rings is 1. The molecule has 6 heteroatoms. The van der Waals surface area contributed by atoms with Gasteiger partial charge in [0.25, 0.3) is 0 Å². The van der Waals surface area contributed by atoms with Crippen LogP contribution in [0.4, 0.5) is 4.79 Å². The summed E-state index contributed by atoms with van der Waals surface area (Å²) >= 11 is 0. The summed E-state index contributed by atoms with van der Waals surface area (Å²) in [6.45, 7) is 6.03. The molecule has 6 nitrogen and oxygen atoms in total. The third-order valence-corrected chi connectivity index (χ3v) is 4.41. The summed E-state index contributed by atoms with van der Waals surface area (Å²) in [5, 5.41) is 7.95. The van der Waals surface area contributed by atoms with Gasteiger partial charge in [-0.1, -0.05) is 18.2 Å². The molecular weight excluding hydrogens is 316 g/mol. The molecular formula is C19H26N4O2. The number of nitrogens with zero attached hydrogens (tertiary/aromatic N) is 3. The van der Waals surface area contributed by atoms with E-state index in [1.807, 2.05) is 36.9 Å². The first-order valence-electron chi connectivity index (χ1n) is 8.90. The average Bonchev–Trinajstić information content (AvgIpc) is 3.14. The largest absolute Gasteiger partial charge is 0.447 e. The van der Waals surface area contributed by atoms with Gasteiger partial charge in [-0.15, -0.1) is 0 Å². The summed E-state index contributed by atoms with van der Waals surface area (Å²) < 4.78 is 7.16. The molecule has 1 fully saturated rings. The molecule has 1 N–H and O–H groups in total. The fourth-order valence-corrected chi connectivity index (χ4v) is 3.09. The number of carbonyl (C=O) groups excluding carboxylic acids is 1. The van der Waals surface area contributed by atoms with Crippen LogP contribution in [0.1, 0.15) is 32.3 Å². The van der Waals surface area contributed by atoms with Crippen LogP contribution < -0.4 is 5.32 Å². The van der Waals surface area contributed by atoms with E-state index in [1.165, 1.54) is 5.56 Å². The number of likely N-dealkylation sites (tertiary alicyclic amines) is 1. The topological polar surface area (TPSA) is 59.4 Å². The lowest BCUT2D eigenvalue weighted by atomic mass is 10.0. The maximum Gasteiger partial charge on any atom is 0.410 e. The van der Waals surface area contributed by atoms with Crippen molar-refractivity contribution in [3.8, 4) is 5.69 Å². The molecule has 25 heavy (non-hydrogen) atoms. The molecule has 0 spiro atoms. The van der Waals surface area contributed by atoms with Crippen LogP contribution in [0.2, 0.25) is 0 Å². The lowest BCUT2D eigenvalue weighted by molar-refractivity contribution is 0.0678. The van der Waals surface area contributed by atoms with Crippen molar-refractivity contribution < 1.29 is 9.53 Å². The molecule has 0 aliphatic carbocycles. The van der Waals surface area contributed by atoms with Gasteiger partial charge >= 0.3 is 6.09 Å². The normalized spacial score (nSPS) is 15.6. The minimum Gasteiger partial charge on any atom is -0.447 e. The Morgan fingerprint density at radius 2 is 2.04 bits per heavy atom. The maximum absolute atomic E-state index is 11.9. The third kappa shape index (κ3) is 4.60. The summed E-state index contributed by atoms with van der Waals surface area (Å²) in [4.78, 5) is 13.7. The zero-order valence-corrected chi connectivity index (χ0v) is 14.9. The number of rotatable bonds is 5. The van der Waals surface area contributed by atoms with Crippen LogP contribution in [0.3, 0.4) is 0 Å². The van der Waals surface area contributed by atoms with E-state index in [-0.39, 0.29) is 12.2 Å². The van der Waals surface area contributed by atoms with Crippen LogP contribution in [-0.2, 0) is 11.3 Å². The van der Waals surface area contributed by atoms with Crippen molar-refractivity contribution in [3.05, 3.63) is 48.3 Å². The second-order valence-electron chi connectivity index (χ2n) is 6.65. The summed E-state index contributed by atoms with van der Waals surface area (Å²) in [5.41, 5.74) is 2.31. The molecule has 1 aliphatic rings. The smallest absolute Gasteiger partial charge is 0.410 e. The van der Waals surface area contributed by atoms with Gasteiger partial charge in [-0.2, -0.15) is 5.10 Å². The summed E-state index contributed by atoms with van der Waals surface area (Å²) in [7, 11) is 0. The van der Waals surface area contributed by atoms with E-state index in [2.05, 4.69) is 28.6 Å². The molecule has 0 atom stereocenters. The number of aromatic nitrogens is 2. The van der Waals surface area contributed by atoms with E-state index in [9.17, 15) is 4.79 Å². The average molecular weight is 342 g/mol. The van der Waals surface area contributed by atoms with E-state index in [0.717, 1.165) is 38.2 Å². The minimum absolute atomic E-state index is 0.0675. The lowest BCUT2D eigenvalue weighted by Crippen LogP contribution is -2.45. The maximum atomic E-state index is 11.9. The van der Waals surface area contributed by atoms with Crippen LogP contribution in [-0.4, -0.2) is 46.0 Å². The standard InChI is InChI=1S/C19H26N4O2/c1-15(2)25-19(24)22-12-8-17(9-13-22)20-14-16-6-3-4-7-18(16)23-11-5-10-21-23/h3-7,10-11,15,17,20H,8-9,12-14H2,1-2H3. The highest BCUT2D eigenvalue weighted by Gasteiger charge is 2.24. The molecule has 0 unspecified atom stereocenters. The molecule has 2 aromatic rings. The fourth-order valence-electron chi connectivity index (χ4n) is 3.09. The van der Waals surface area contributed by atoms with Gasteiger partial charge in [0.15, 0.2) is 0 Å². The van der Waals surface area contributed by atoms with Crippen molar-refractivity contribution in [3.63, 3.8) is 0 Å². The van der Waals surface area contributed by atoms with Gasteiger partial charge in [0, 0.05) is 38.1 Å². The van der Waals surface area contributed by atoms with Crippen LogP contribution in [0.15, 0.2) is 42.7 Å². The quantitative estimate of drug-likeness (QED) is 0.907. The summed E-state index contributed by atoms with van der Waals surface area (Å²) in [6.07, 6.45) is 5.36. The van der Waals surface area contributed by atoms with Gasteiger partial charge in [-0.05, 0) is 44.4 Å². The first-order valence-corrected chi connectivity index (χ1v) is 8.90. The fraction of sp³-hybridized carbons (Fsp3) is 0.474. The predicted molar refractivity (Wildman–Crippen MR) is 96.6 cm³/mol. The molecule has 3 rings (SSSR count). The van der Waals surface area contributed by atoms with Crippen molar-refractivity contribution in [1.82, 2.24) is 20.0 Å². The first-order chi connectivity index (χ1) is 12.1. The monoisotopic (exact) mass is 342 g/mol. The highest BCUT2D eigenvalue weighted by atomic mass is 16.6. The predicted octanol–water partition coefficient (Wildman–Crippen LogP) is 2.97. The summed E-state index contributed by atoms with van der Waals surface area (Å²) in [5.74, 6) is 0. The third-order valence-electron chi connectivity index (χ3n) is 4.41. The highest BCUT2D eigenvalue weighted by Crippen LogP contribution is 2.16. The molecule has 1 aromatic carbocycles. The molecule has 1 aromatic heterocycles. The van der Waals surface area contributed by atoms with E-state index in [4.69, 9.17) is 4.74 Å². The van der Waals surface area contributed by atoms with Gasteiger partial charge in [0.2, 0.25) is 0 Å². The van der Waals surface area contributed by atoms with Crippen LogP contribution in [0, 0.1) is 0 Å². The number of para-hydroxylation sites is 1. The van der Waals surface area contributed by atoms with Crippen LogP contribution in [0.5, 0.6) is 0 Å². The van der Waals surface area contributed by atoms with Crippen molar-refractivity contribution in [2.45, 2.75) is 45.4 Å². The summed E-state index contributed by atoms with van der Waals surface area (Å²) in [6, 6.07) is 10.6. The highest BCUT2D eigenvalue weighted by molar-refractivity contribution is 5.67. The number of ether oxygens (including phenoxy) is 1. The zero-order valence-electron chi connectivity index (χ0n) is 14.9. The zero-order chi connectivity index (χ0) is 17.6. The lowest BCUT2D eigenvalue weighted by Gasteiger charge is -2.32. The Hall–Kier alpha value is -2.34. The van der Waals surface area contributed by atoms with Crippen molar-refractivity contribution in [1.29, 1.82) is 0 Å². The van der Waals surface area contributed by atoms with Crippen molar-refractivity contribution in [2.24, 2.45) is 0 Å². The number of benzene rings is 1. The van der Waals surface area contributed by atoms with E-state index in [1.54, 1.807) is 11.1 Å². The van der Waals surface area contributed by atoms with Crippen molar-refractivity contribution >= 4 is 6.09 Å². The van der Waals surface area contributed by atoms with Crippen LogP contribution in [0.25, 0.3) is 5.69 Å².